The number of hydrogen-bond donors (Lipinski definition) is 2. The van der Waals surface area contributed by atoms with Crippen LogP contribution in [-0.2, 0) is 6.54 Å². The first-order valence-electron chi connectivity index (χ1n) is 6.20. The molecule has 0 saturated carbocycles. The Kier molecular flexibility index (Phi) is 5.09. The van der Waals surface area contributed by atoms with Crippen LogP contribution in [0, 0.1) is 18.6 Å². The third-order valence-electron chi connectivity index (χ3n) is 2.93. The molecule has 0 aliphatic rings. The van der Waals surface area contributed by atoms with Crippen molar-refractivity contribution in [3.63, 3.8) is 0 Å². The van der Waals surface area contributed by atoms with Crippen molar-refractivity contribution in [3.05, 3.63) is 64.2 Å². The van der Waals surface area contributed by atoms with E-state index in [0.29, 0.717) is 17.3 Å². The van der Waals surface area contributed by atoms with E-state index in [4.69, 9.17) is 23.8 Å². The van der Waals surface area contributed by atoms with Gasteiger partial charge in [-0.1, -0.05) is 17.7 Å². The molecule has 2 aromatic rings. The lowest BCUT2D eigenvalue weighted by Crippen LogP contribution is -2.28. The molecular weight excluding hydrogens is 314 g/mol. The zero-order valence-electron chi connectivity index (χ0n) is 11.2. The molecule has 6 heteroatoms. The van der Waals surface area contributed by atoms with Gasteiger partial charge in [-0.25, -0.2) is 8.78 Å². The molecule has 2 aromatic carbocycles. The molecule has 0 aliphatic carbocycles. The summed E-state index contributed by atoms with van der Waals surface area (Å²) in [4.78, 5) is 0. The highest BCUT2D eigenvalue weighted by atomic mass is 35.5. The molecule has 0 amide bonds. The van der Waals surface area contributed by atoms with Crippen LogP contribution in [0.25, 0.3) is 0 Å². The average molecular weight is 327 g/mol. The average Bonchev–Trinajstić information content (AvgIpc) is 2.44. The molecule has 2 nitrogen and oxygen atoms in total. The number of benzene rings is 2. The van der Waals surface area contributed by atoms with Gasteiger partial charge in [0.05, 0.1) is 5.02 Å². The second kappa shape index (κ2) is 6.83. The minimum atomic E-state index is -0.489. The van der Waals surface area contributed by atoms with E-state index in [9.17, 15) is 8.78 Å². The van der Waals surface area contributed by atoms with Gasteiger partial charge in [-0.3, -0.25) is 0 Å². The van der Waals surface area contributed by atoms with E-state index in [0.717, 1.165) is 11.1 Å². The molecule has 110 valence electrons. The smallest absolute Gasteiger partial charge is 0.171 e. The van der Waals surface area contributed by atoms with Gasteiger partial charge < -0.3 is 10.6 Å². The van der Waals surface area contributed by atoms with Crippen molar-refractivity contribution in [2.45, 2.75) is 13.5 Å². The molecule has 0 heterocycles. The Morgan fingerprint density at radius 1 is 1.19 bits per heavy atom. The van der Waals surface area contributed by atoms with Crippen LogP contribution in [0.15, 0.2) is 36.4 Å². The standard InChI is InChI=1S/C15H13ClF2N2S/c1-9-2-3-11(17)6-10(9)8-19-15(21)20-12-4-5-14(18)13(16)7-12/h2-7H,8H2,1H3,(H2,19,20,21). The Morgan fingerprint density at radius 2 is 1.95 bits per heavy atom. The zero-order chi connectivity index (χ0) is 15.4. The van der Waals surface area contributed by atoms with Gasteiger partial charge in [0, 0.05) is 12.2 Å². The summed E-state index contributed by atoms with van der Waals surface area (Å²) in [6, 6.07) is 8.81. The van der Waals surface area contributed by atoms with Crippen LogP contribution >= 0.6 is 23.8 Å². The van der Waals surface area contributed by atoms with Gasteiger partial charge in [0.1, 0.15) is 11.6 Å². The summed E-state index contributed by atoms with van der Waals surface area (Å²) in [5.41, 5.74) is 2.36. The molecule has 0 atom stereocenters. The first kappa shape index (κ1) is 15.7. The lowest BCUT2D eigenvalue weighted by molar-refractivity contribution is 0.624. The van der Waals surface area contributed by atoms with Crippen LogP contribution in [0.1, 0.15) is 11.1 Å². The minimum Gasteiger partial charge on any atom is -0.358 e. The van der Waals surface area contributed by atoms with Crippen molar-refractivity contribution in [3.8, 4) is 0 Å². The van der Waals surface area contributed by atoms with E-state index < -0.39 is 5.82 Å². The maximum Gasteiger partial charge on any atom is 0.171 e. The van der Waals surface area contributed by atoms with Crippen LogP contribution in [0.4, 0.5) is 14.5 Å². The van der Waals surface area contributed by atoms with Crippen LogP contribution in [0.3, 0.4) is 0 Å². The van der Waals surface area contributed by atoms with Crippen LogP contribution in [-0.4, -0.2) is 5.11 Å². The highest BCUT2D eigenvalue weighted by molar-refractivity contribution is 7.80. The molecule has 0 unspecified atom stereocenters. The van der Waals surface area contributed by atoms with E-state index >= 15 is 0 Å². The maximum absolute atomic E-state index is 13.2. The number of thiocarbonyl (C=S) groups is 1. The number of anilines is 1. The highest BCUT2D eigenvalue weighted by Gasteiger charge is 2.04. The Hall–Kier alpha value is -1.72. The zero-order valence-corrected chi connectivity index (χ0v) is 12.8. The summed E-state index contributed by atoms with van der Waals surface area (Å²) in [6.07, 6.45) is 0. The summed E-state index contributed by atoms with van der Waals surface area (Å²) < 4.78 is 26.2. The lowest BCUT2D eigenvalue weighted by atomic mass is 10.1. The first-order valence-corrected chi connectivity index (χ1v) is 6.99. The lowest BCUT2D eigenvalue weighted by Gasteiger charge is -2.12. The highest BCUT2D eigenvalue weighted by Crippen LogP contribution is 2.19. The summed E-state index contributed by atoms with van der Waals surface area (Å²) in [5.74, 6) is -0.780. The molecule has 0 radical (unpaired) electrons. The molecule has 0 fully saturated rings. The van der Waals surface area contributed by atoms with Gasteiger partial charge in [0.2, 0.25) is 0 Å². The number of hydrogen-bond acceptors (Lipinski definition) is 1. The molecule has 0 bridgehead atoms. The Morgan fingerprint density at radius 3 is 2.67 bits per heavy atom. The molecule has 2 rings (SSSR count). The second-order valence-electron chi connectivity index (χ2n) is 4.51. The second-order valence-corrected chi connectivity index (χ2v) is 5.32. The Labute approximate surface area is 132 Å². The van der Waals surface area contributed by atoms with E-state index in [2.05, 4.69) is 10.6 Å². The molecule has 0 spiro atoms. The Balaban J connectivity index is 1.95. The van der Waals surface area contributed by atoms with Crippen LogP contribution in [0.5, 0.6) is 0 Å². The molecule has 0 aromatic heterocycles. The third-order valence-corrected chi connectivity index (χ3v) is 3.46. The van der Waals surface area contributed by atoms with Crippen LogP contribution < -0.4 is 10.6 Å². The Bertz CT molecular complexity index is 677. The fraction of sp³-hybridized carbons (Fsp3) is 0.133. The van der Waals surface area contributed by atoms with Gasteiger partial charge >= 0.3 is 0 Å². The van der Waals surface area contributed by atoms with E-state index in [1.807, 2.05) is 6.92 Å². The topological polar surface area (TPSA) is 24.1 Å². The predicted octanol–water partition coefficient (Wildman–Crippen LogP) is 4.41. The van der Waals surface area contributed by atoms with Gasteiger partial charge in [-0.15, -0.1) is 0 Å². The summed E-state index contributed by atoms with van der Waals surface area (Å²) in [5, 5.41) is 6.22. The van der Waals surface area contributed by atoms with Gasteiger partial charge in [-0.05, 0) is 60.6 Å². The van der Waals surface area contributed by atoms with Gasteiger partial charge in [0.15, 0.2) is 5.11 Å². The number of rotatable bonds is 3. The number of halogens is 3. The maximum atomic E-state index is 13.2. The van der Waals surface area contributed by atoms with E-state index in [1.165, 1.54) is 30.3 Å². The first-order chi connectivity index (χ1) is 9.95. The molecule has 0 saturated heterocycles. The largest absolute Gasteiger partial charge is 0.358 e. The van der Waals surface area contributed by atoms with E-state index in [1.54, 1.807) is 6.07 Å². The van der Waals surface area contributed by atoms with E-state index in [-0.39, 0.29) is 10.8 Å². The summed E-state index contributed by atoms with van der Waals surface area (Å²) in [7, 11) is 0. The van der Waals surface area contributed by atoms with Crippen molar-refractivity contribution < 1.29 is 8.78 Å². The number of aryl methyl sites for hydroxylation is 1. The van der Waals surface area contributed by atoms with Crippen LogP contribution in [0.2, 0.25) is 5.02 Å². The van der Waals surface area contributed by atoms with Gasteiger partial charge in [0.25, 0.3) is 0 Å². The van der Waals surface area contributed by atoms with Crippen molar-refractivity contribution in [2.75, 3.05) is 5.32 Å². The third kappa shape index (κ3) is 4.37. The van der Waals surface area contributed by atoms with Gasteiger partial charge in [-0.2, -0.15) is 0 Å². The van der Waals surface area contributed by atoms with Crippen molar-refractivity contribution in [1.29, 1.82) is 0 Å². The molecule has 2 N–H and O–H groups in total. The summed E-state index contributed by atoms with van der Waals surface area (Å²) >= 11 is 10.8. The number of nitrogens with one attached hydrogen (secondary N) is 2. The minimum absolute atomic E-state index is 0.0174. The SMILES string of the molecule is Cc1ccc(F)cc1CNC(=S)Nc1ccc(F)c(Cl)c1. The predicted molar refractivity (Wildman–Crippen MR) is 85.6 cm³/mol. The molecular formula is C15H13ClF2N2S. The van der Waals surface area contributed by atoms with Crippen molar-refractivity contribution in [2.24, 2.45) is 0 Å². The fourth-order valence-electron chi connectivity index (χ4n) is 1.76. The van der Waals surface area contributed by atoms with Crippen molar-refractivity contribution in [1.82, 2.24) is 5.32 Å². The molecule has 21 heavy (non-hydrogen) atoms. The molecule has 0 aliphatic heterocycles. The fourth-order valence-corrected chi connectivity index (χ4v) is 2.13. The van der Waals surface area contributed by atoms with Crippen molar-refractivity contribution >= 4 is 34.6 Å². The quantitative estimate of drug-likeness (QED) is 0.817. The normalized spacial score (nSPS) is 10.3. The monoisotopic (exact) mass is 326 g/mol. The summed E-state index contributed by atoms with van der Waals surface area (Å²) in [6.45, 7) is 2.29.